The molecule has 1 heterocycles. The number of aromatic nitrogens is 4. The number of hydrogen-bond acceptors (Lipinski definition) is 4. The molecule has 0 unspecified atom stereocenters. The van der Waals surface area contributed by atoms with Crippen molar-refractivity contribution < 1.29 is 0 Å². The molecule has 1 saturated carbocycles. The van der Waals surface area contributed by atoms with E-state index < -0.39 is 0 Å². The molecule has 1 aliphatic carbocycles. The fourth-order valence-corrected chi connectivity index (χ4v) is 1.71. The van der Waals surface area contributed by atoms with Gasteiger partial charge >= 0.3 is 5.69 Å². The summed E-state index contributed by atoms with van der Waals surface area (Å²) in [6.07, 6.45) is 2.36. The van der Waals surface area contributed by atoms with E-state index in [9.17, 15) is 4.79 Å². The summed E-state index contributed by atoms with van der Waals surface area (Å²) in [4.78, 5) is 12.0. The lowest BCUT2D eigenvalue weighted by Gasteiger charge is -1.98. The Labute approximate surface area is 97.6 Å². The number of nitrogens with two attached hydrogens (primary N) is 1. The minimum absolute atomic E-state index is 0.193. The fraction of sp³-hybridized carbons (Fsp3) is 0.364. The average Bonchev–Trinajstić information content (AvgIpc) is 3.07. The Morgan fingerprint density at radius 3 is 2.59 bits per heavy atom. The molecule has 0 saturated heterocycles. The van der Waals surface area contributed by atoms with E-state index in [1.165, 1.54) is 22.2 Å². The molecule has 2 aromatic rings. The third kappa shape index (κ3) is 1.93. The van der Waals surface area contributed by atoms with Gasteiger partial charge in [-0.25, -0.2) is 4.79 Å². The van der Waals surface area contributed by atoms with Gasteiger partial charge in [-0.05, 0) is 53.5 Å². The molecular weight excluding hydrogens is 218 g/mol. The molecule has 2 N–H and O–H groups in total. The van der Waals surface area contributed by atoms with Crippen LogP contribution in [0.1, 0.15) is 12.8 Å². The first-order valence-corrected chi connectivity index (χ1v) is 5.63. The van der Waals surface area contributed by atoms with Gasteiger partial charge in [0.2, 0.25) is 0 Å². The zero-order chi connectivity index (χ0) is 11.8. The molecule has 1 aromatic carbocycles. The van der Waals surface area contributed by atoms with Crippen LogP contribution in [-0.4, -0.2) is 19.8 Å². The lowest BCUT2D eigenvalue weighted by Crippen LogP contribution is -2.24. The van der Waals surface area contributed by atoms with E-state index in [0.717, 1.165) is 0 Å². The predicted octanol–water partition coefficient (Wildman–Crippen LogP) is 0.421. The van der Waals surface area contributed by atoms with Gasteiger partial charge in [0.1, 0.15) is 0 Å². The van der Waals surface area contributed by atoms with Gasteiger partial charge in [0.15, 0.2) is 0 Å². The Morgan fingerprint density at radius 2 is 1.94 bits per heavy atom. The van der Waals surface area contributed by atoms with Crippen LogP contribution in [0.4, 0.5) is 5.69 Å². The molecule has 88 valence electrons. The molecule has 17 heavy (non-hydrogen) atoms. The molecule has 6 heteroatoms. The van der Waals surface area contributed by atoms with Crippen LogP contribution >= 0.6 is 0 Å². The van der Waals surface area contributed by atoms with Crippen LogP contribution in [0, 0.1) is 5.92 Å². The van der Waals surface area contributed by atoms with Crippen LogP contribution in [0.25, 0.3) is 5.69 Å². The van der Waals surface area contributed by atoms with E-state index in [1.807, 2.05) is 0 Å². The molecular formula is C11H13N5O. The highest BCUT2D eigenvalue weighted by Crippen LogP contribution is 2.29. The van der Waals surface area contributed by atoms with E-state index in [-0.39, 0.29) is 5.69 Å². The van der Waals surface area contributed by atoms with Crippen molar-refractivity contribution in [1.82, 2.24) is 19.8 Å². The summed E-state index contributed by atoms with van der Waals surface area (Å²) >= 11 is 0. The largest absolute Gasteiger partial charge is 0.399 e. The van der Waals surface area contributed by atoms with Crippen LogP contribution in [0.2, 0.25) is 0 Å². The first-order chi connectivity index (χ1) is 8.24. The third-order valence-corrected chi connectivity index (χ3v) is 2.91. The van der Waals surface area contributed by atoms with Crippen LogP contribution in [0.5, 0.6) is 0 Å². The lowest BCUT2D eigenvalue weighted by atomic mass is 10.3. The second-order valence-electron chi connectivity index (χ2n) is 4.39. The van der Waals surface area contributed by atoms with Crippen molar-refractivity contribution in [3.63, 3.8) is 0 Å². The van der Waals surface area contributed by atoms with Gasteiger partial charge in [-0.3, -0.25) is 0 Å². The van der Waals surface area contributed by atoms with Crippen molar-refractivity contribution in [2.24, 2.45) is 5.92 Å². The number of rotatable bonds is 3. The average molecular weight is 231 g/mol. The van der Waals surface area contributed by atoms with Crippen molar-refractivity contribution in [3.8, 4) is 5.69 Å². The summed E-state index contributed by atoms with van der Waals surface area (Å²) in [5, 5.41) is 7.75. The molecule has 0 spiro atoms. The molecule has 6 nitrogen and oxygen atoms in total. The molecule has 0 amide bonds. The Kier molecular flexibility index (Phi) is 2.21. The highest BCUT2D eigenvalue weighted by molar-refractivity contribution is 5.44. The third-order valence-electron chi connectivity index (χ3n) is 2.91. The van der Waals surface area contributed by atoms with Crippen molar-refractivity contribution >= 4 is 5.69 Å². The van der Waals surface area contributed by atoms with Gasteiger partial charge in [0.25, 0.3) is 0 Å². The number of benzene rings is 1. The van der Waals surface area contributed by atoms with Crippen LogP contribution in [0.15, 0.2) is 29.1 Å². The highest BCUT2D eigenvalue weighted by atomic mass is 16.2. The number of anilines is 1. The van der Waals surface area contributed by atoms with E-state index in [1.54, 1.807) is 24.3 Å². The monoisotopic (exact) mass is 231 g/mol. The zero-order valence-corrected chi connectivity index (χ0v) is 9.28. The number of nitrogens with zero attached hydrogens (tertiary/aromatic N) is 4. The fourth-order valence-electron chi connectivity index (χ4n) is 1.71. The summed E-state index contributed by atoms with van der Waals surface area (Å²) in [5.74, 6) is 0.601. The van der Waals surface area contributed by atoms with Gasteiger partial charge in [0.05, 0.1) is 12.2 Å². The maximum Gasteiger partial charge on any atom is 0.368 e. The Morgan fingerprint density at radius 1 is 1.24 bits per heavy atom. The molecule has 0 aliphatic heterocycles. The van der Waals surface area contributed by atoms with Crippen molar-refractivity contribution in [2.75, 3.05) is 5.73 Å². The van der Waals surface area contributed by atoms with E-state index in [2.05, 4.69) is 10.4 Å². The smallest absolute Gasteiger partial charge is 0.368 e. The highest BCUT2D eigenvalue weighted by Gasteiger charge is 2.23. The molecule has 1 aliphatic rings. The Hall–Kier alpha value is -2.11. The standard InChI is InChI=1S/C11H13N5O/c12-9-3-5-10(6-4-9)16-11(17)15(13-14-16)7-8-1-2-8/h3-6,8H,1-2,7,12H2. The van der Waals surface area contributed by atoms with E-state index in [4.69, 9.17) is 5.73 Å². The van der Waals surface area contributed by atoms with Gasteiger partial charge in [0, 0.05) is 5.69 Å². The Balaban J connectivity index is 1.94. The molecule has 1 fully saturated rings. The summed E-state index contributed by atoms with van der Waals surface area (Å²) in [5.41, 5.74) is 6.75. The minimum Gasteiger partial charge on any atom is -0.399 e. The van der Waals surface area contributed by atoms with Crippen LogP contribution in [0.3, 0.4) is 0 Å². The van der Waals surface area contributed by atoms with Crippen LogP contribution < -0.4 is 11.4 Å². The predicted molar refractivity (Wildman–Crippen MR) is 62.8 cm³/mol. The number of hydrogen-bond donors (Lipinski definition) is 1. The molecule has 0 bridgehead atoms. The second kappa shape index (κ2) is 3.73. The molecule has 0 radical (unpaired) electrons. The van der Waals surface area contributed by atoms with Gasteiger partial charge in [-0.15, -0.1) is 0 Å². The lowest BCUT2D eigenvalue weighted by molar-refractivity contribution is 0.530. The SMILES string of the molecule is Nc1ccc(-n2nnn(CC3CC3)c2=O)cc1. The zero-order valence-electron chi connectivity index (χ0n) is 9.28. The van der Waals surface area contributed by atoms with Crippen LogP contribution in [-0.2, 0) is 6.54 Å². The van der Waals surface area contributed by atoms with Crippen molar-refractivity contribution in [3.05, 3.63) is 34.7 Å². The summed E-state index contributed by atoms with van der Waals surface area (Å²) in [6.45, 7) is 0.674. The van der Waals surface area contributed by atoms with Gasteiger partial charge in [-0.1, -0.05) is 0 Å². The molecule has 3 rings (SSSR count). The van der Waals surface area contributed by atoms with E-state index in [0.29, 0.717) is 23.8 Å². The van der Waals surface area contributed by atoms with Gasteiger partial charge in [-0.2, -0.15) is 9.36 Å². The molecule has 0 atom stereocenters. The van der Waals surface area contributed by atoms with Crippen molar-refractivity contribution in [1.29, 1.82) is 0 Å². The second-order valence-corrected chi connectivity index (χ2v) is 4.39. The summed E-state index contributed by atoms with van der Waals surface area (Å²) < 4.78 is 2.72. The minimum atomic E-state index is -0.193. The number of tetrazole rings is 1. The summed E-state index contributed by atoms with van der Waals surface area (Å²) in [6, 6.07) is 6.99. The normalized spacial score (nSPS) is 15.1. The maximum absolute atomic E-state index is 12.0. The number of nitrogen functional groups attached to an aromatic ring is 1. The topological polar surface area (TPSA) is 78.7 Å². The summed E-state index contributed by atoms with van der Waals surface area (Å²) in [7, 11) is 0. The van der Waals surface area contributed by atoms with Crippen molar-refractivity contribution in [2.45, 2.75) is 19.4 Å². The Bertz CT molecular complexity index is 579. The maximum atomic E-state index is 12.0. The first-order valence-electron chi connectivity index (χ1n) is 5.63. The first kappa shape index (κ1) is 10.1. The van der Waals surface area contributed by atoms with Gasteiger partial charge < -0.3 is 5.73 Å². The quantitative estimate of drug-likeness (QED) is 0.776. The molecule has 1 aromatic heterocycles. The van der Waals surface area contributed by atoms with E-state index >= 15 is 0 Å².